The molecule has 1 heterocycles. The number of benzene rings is 2. The van der Waals surface area contributed by atoms with Gasteiger partial charge in [-0.1, -0.05) is 53.7 Å². The predicted octanol–water partition coefficient (Wildman–Crippen LogP) is 1.95. The summed E-state index contributed by atoms with van der Waals surface area (Å²) in [5.74, 6) is -0.459. The Balaban J connectivity index is 2.03. The topological polar surface area (TPSA) is 116 Å². The van der Waals surface area contributed by atoms with E-state index in [9.17, 15) is 13.2 Å². The van der Waals surface area contributed by atoms with Gasteiger partial charge in [-0.2, -0.15) is 17.9 Å². The normalized spacial score (nSPS) is 11.9. The second-order valence-electron chi connectivity index (χ2n) is 5.86. The molecule has 10 heteroatoms. The van der Waals surface area contributed by atoms with Crippen molar-refractivity contribution in [2.24, 2.45) is 5.10 Å². The Morgan fingerprint density at radius 2 is 1.72 bits per heavy atom. The van der Waals surface area contributed by atoms with Gasteiger partial charge in [-0.05, 0) is 26.0 Å². The summed E-state index contributed by atoms with van der Waals surface area (Å²) in [5, 5.41) is 11.9. The zero-order chi connectivity index (χ0) is 20.9. The lowest BCUT2D eigenvalue weighted by Crippen LogP contribution is -2.25. The van der Waals surface area contributed by atoms with Gasteiger partial charge in [0, 0.05) is 5.56 Å². The maximum Gasteiger partial charge on any atom is 0.360 e. The highest BCUT2D eigenvalue weighted by Gasteiger charge is 2.22. The van der Waals surface area contributed by atoms with Gasteiger partial charge < -0.3 is 4.74 Å². The van der Waals surface area contributed by atoms with Gasteiger partial charge in [0.15, 0.2) is 11.5 Å². The van der Waals surface area contributed by atoms with E-state index in [2.05, 4.69) is 20.2 Å². The molecular formula is C19H19N5O4S. The van der Waals surface area contributed by atoms with E-state index >= 15 is 0 Å². The number of hydrogen-bond donors (Lipinski definition) is 1. The van der Waals surface area contributed by atoms with Gasteiger partial charge in [0.1, 0.15) is 0 Å². The fourth-order valence-corrected chi connectivity index (χ4v) is 3.32. The molecule has 0 radical (unpaired) electrons. The third-order valence-electron chi connectivity index (χ3n) is 3.92. The van der Waals surface area contributed by atoms with Crippen LogP contribution in [-0.4, -0.2) is 41.8 Å². The number of nitrogens with zero attached hydrogens (tertiary/aromatic N) is 4. The molecule has 29 heavy (non-hydrogen) atoms. The molecule has 0 bridgehead atoms. The first kappa shape index (κ1) is 20.2. The minimum atomic E-state index is -3.89. The number of nitrogens with one attached hydrogen (secondary N) is 1. The monoisotopic (exact) mass is 413 g/mol. The van der Waals surface area contributed by atoms with Crippen LogP contribution in [0.2, 0.25) is 0 Å². The van der Waals surface area contributed by atoms with Crippen LogP contribution in [0.4, 0.5) is 0 Å². The van der Waals surface area contributed by atoms with Crippen molar-refractivity contribution in [2.75, 3.05) is 6.61 Å². The number of ether oxygens (including phenoxy) is 1. The van der Waals surface area contributed by atoms with Crippen LogP contribution in [0.1, 0.15) is 28.7 Å². The average molecular weight is 413 g/mol. The number of carbonyl (C=O) groups excluding carboxylic acids is 1. The second-order valence-corrected chi connectivity index (χ2v) is 7.53. The molecule has 0 fully saturated rings. The lowest BCUT2D eigenvalue weighted by Gasteiger charge is -2.10. The number of sulfonamides is 1. The largest absolute Gasteiger partial charge is 0.461 e. The van der Waals surface area contributed by atoms with E-state index < -0.39 is 16.0 Å². The fraction of sp³-hybridized carbons (Fsp3) is 0.158. The van der Waals surface area contributed by atoms with Crippen LogP contribution in [-0.2, 0) is 14.8 Å². The van der Waals surface area contributed by atoms with Gasteiger partial charge in [0.25, 0.3) is 10.0 Å². The first-order valence-corrected chi connectivity index (χ1v) is 10.2. The molecule has 0 saturated heterocycles. The van der Waals surface area contributed by atoms with Crippen molar-refractivity contribution in [3.05, 3.63) is 77.6 Å². The molecule has 2 aromatic carbocycles. The van der Waals surface area contributed by atoms with Crippen molar-refractivity contribution >= 4 is 21.8 Å². The first-order chi connectivity index (χ1) is 13.9. The minimum Gasteiger partial charge on any atom is -0.461 e. The zero-order valence-electron chi connectivity index (χ0n) is 15.8. The Morgan fingerprint density at radius 1 is 1.10 bits per heavy atom. The standard InChI is InChI=1S/C19H19N5O4S/c1-3-28-19(25)17-14(2)24(22-20-17)18(15-10-6-4-7-11-15)21-23-29(26,27)16-12-8-5-9-13-16/h4-13,23H,3H2,1-2H3/b21-18+. The maximum atomic E-state index is 12.5. The van der Waals surface area contributed by atoms with Crippen molar-refractivity contribution in [2.45, 2.75) is 18.7 Å². The SMILES string of the molecule is CCOC(=O)c1nnn(/C(=N/NS(=O)(=O)c2ccccc2)c2ccccc2)c1C. The molecule has 3 aromatic rings. The van der Waals surface area contributed by atoms with Gasteiger partial charge >= 0.3 is 5.97 Å². The zero-order valence-corrected chi connectivity index (χ0v) is 16.6. The van der Waals surface area contributed by atoms with Crippen LogP contribution >= 0.6 is 0 Å². The highest BCUT2D eigenvalue weighted by molar-refractivity contribution is 7.89. The van der Waals surface area contributed by atoms with E-state index in [1.165, 1.54) is 16.8 Å². The Bertz CT molecular complexity index is 1130. The number of carbonyl (C=O) groups is 1. The molecule has 0 aliphatic heterocycles. The van der Waals surface area contributed by atoms with E-state index in [1.807, 2.05) is 6.07 Å². The molecule has 0 spiro atoms. The Morgan fingerprint density at radius 3 is 2.34 bits per heavy atom. The van der Waals surface area contributed by atoms with Crippen molar-refractivity contribution in [1.29, 1.82) is 0 Å². The molecule has 150 valence electrons. The van der Waals surface area contributed by atoms with Crippen LogP contribution < -0.4 is 4.83 Å². The minimum absolute atomic E-state index is 0.0291. The molecule has 0 aliphatic carbocycles. The highest BCUT2D eigenvalue weighted by atomic mass is 32.2. The molecule has 0 amide bonds. The molecule has 1 N–H and O–H groups in total. The van der Waals surface area contributed by atoms with Crippen LogP contribution in [0.5, 0.6) is 0 Å². The van der Waals surface area contributed by atoms with Crippen LogP contribution in [0.15, 0.2) is 70.7 Å². The summed E-state index contributed by atoms with van der Waals surface area (Å²) < 4.78 is 31.4. The van der Waals surface area contributed by atoms with Crippen molar-refractivity contribution in [3.63, 3.8) is 0 Å². The van der Waals surface area contributed by atoms with E-state index in [0.717, 1.165) is 0 Å². The number of hydrogen-bond acceptors (Lipinski definition) is 7. The van der Waals surface area contributed by atoms with Crippen LogP contribution in [0.25, 0.3) is 0 Å². The third kappa shape index (κ3) is 4.49. The number of hydrazone groups is 1. The molecule has 0 aliphatic rings. The molecule has 3 rings (SSSR count). The lowest BCUT2D eigenvalue weighted by molar-refractivity contribution is 0.0518. The van der Waals surface area contributed by atoms with E-state index in [4.69, 9.17) is 4.74 Å². The third-order valence-corrected chi connectivity index (χ3v) is 5.15. The second kappa shape index (κ2) is 8.65. The van der Waals surface area contributed by atoms with E-state index in [1.54, 1.807) is 56.3 Å². The molecule has 0 atom stereocenters. The van der Waals surface area contributed by atoms with E-state index in [-0.39, 0.29) is 23.0 Å². The summed E-state index contributed by atoms with van der Waals surface area (Å²) in [5.41, 5.74) is 0.970. The molecule has 1 aromatic heterocycles. The van der Waals surface area contributed by atoms with E-state index in [0.29, 0.717) is 11.3 Å². The fourth-order valence-electron chi connectivity index (χ4n) is 2.50. The molecule has 9 nitrogen and oxygen atoms in total. The van der Waals surface area contributed by atoms with Crippen LogP contribution in [0.3, 0.4) is 0 Å². The van der Waals surface area contributed by atoms with Gasteiger partial charge in [0.2, 0.25) is 0 Å². The summed E-state index contributed by atoms with van der Waals surface area (Å²) in [6.45, 7) is 3.50. The Kier molecular flexibility index (Phi) is 6.03. The van der Waals surface area contributed by atoms with Gasteiger partial charge in [-0.25, -0.2) is 4.79 Å². The first-order valence-electron chi connectivity index (χ1n) is 8.74. The van der Waals surface area contributed by atoms with Crippen molar-refractivity contribution in [1.82, 2.24) is 19.8 Å². The quantitative estimate of drug-likeness (QED) is 0.286. The average Bonchev–Trinajstić information content (AvgIpc) is 3.11. The van der Waals surface area contributed by atoms with Crippen LogP contribution in [0, 0.1) is 6.92 Å². The number of aromatic nitrogens is 3. The number of rotatable bonds is 6. The van der Waals surface area contributed by atoms with Crippen molar-refractivity contribution < 1.29 is 17.9 Å². The highest BCUT2D eigenvalue weighted by Crippen LogP contribution is 2.12. The summed E-state index contributed by atoms with van der Waals surface area (Å²) in [7, 11) is -3.89. The van der Waals surface area contributed by atoms with Gasteiger partial charge in [0.05, 0.1) is 17.2 Å². The smallest absolute Gasteiger partial charge is 0.360 e. The number of esters is 1. The Hall–Kier alpha value is -3.53. The van der Waals surface area contributed by atoms with Crippen molar-refractivity contribution in [3.8, 4) is 0 Å². The van der Waals surface area contributed by atoms with Gasteiger partial charge in [-0.15, -0.1) is 10.2 Å². The van der Waals surface area contributed by atoms with Gasteiger partial charge in [-0.3, -0.25) is 0 Å². The molecule has 0 saturated carbocycles. The summed E-state index contributed by atoms with van der Waals surface area (Å²) in [4.78, 5) is 14.3. The molecular weight excluding hydrogens is 394 g/mol. The Labute approximate surface area is 168 Å². The maximum absolute atomic E-state index is 12.5. The predicted molar refractivity (Wildman–Crippen MR) is 106 cm³/mol. The molecule has 0 unspecified atom stereocenters. The summed E-state index contributed by atoms with van der Waals surface area (Å²) in [6, 6.07) is 16.7. The summed E-state index contributed by atoms with van der Waals surface area (Å²) >= 11 is 0. The summed E-state index contributed by atoms with van der Waals surface area (Å²) in [6.07, 6.45) is 0. The lowest BCUT2D eigenvalue weighted by atomic mass is 10.2.